The second kappa shape index (κ2) is 14.6. The van der Waals surface area contributed by atoms with Crippen molar-refractivity contribution in [2.24, 2.45) is 0 Å². The van der Waals surface area contributed by atoms with Crippen molar-refractivity contribution in [1.82, 2.24) is 0 Å². The van der Waals surface area contributed by atoms with Crippen molar-refractivity contribution < 1.29 is 9.15 Å². The van der Waals surface area contributed by atoms with Crippen LogP contribution in [0.4, 0.5) is 51.2 Å². The minimum absolute atomic E-state index is 0.0975. The maximum atomic E-state index is 6.97. The average Bonchev–Trinajstić information content (AvgIpc) is 3.73. The summed E-state index contributed by atoms with van der Waals surface area (Å²) >= 11 is 0. The quantitative estimate of drug-likeness (QED) is 0.150. The summed E-state index contributed by atoms with van der Waals surface area (Å²) in [6.07, 6.45) is 0. The Balaban J connectivity index is 0.979. The summed E-state index contributed by atoms with van der Waals surface area (Å²) in [5, 5.41) is 4.28. The molecule has 0 saturated carbocycles. The zero-order chi connectivity index (χ0) is 42.1. The van der Waals surface area contributed by atoms with Gasteiger partial charge < -0.3 is 23.9 Å². The van der Waals surface area contributed by atoms with Gasteiger partial charge in [0.1, 0.15) is 22.7 Å². The smallest absolute Gasteiger partial charge is 0.256 e. The van der Waals surface area contributed by atoms with E-state index in [-0.39, 0.29) is 6.71 Å². The standard InChI is InChI=1S/C58H38BN3O2/c1-6-17-40(18-7-1)60(41-19-8-2-9-20-41)45-30-33-47-39(35-45)29-32-48-49-37-56-51(38-55(49)64-58(47)48)59-50-34-31-46(61(42-21-10-3-11-22-42)43-23-12-4-13-24-43)36-53(50)62(44-25-14-5-15-26-44)52-27-16-28-54(63-56)57(52)59/h1-38H. The van der Waals surface area contributed by atoms with Gasteiger partial charge >= 0.3 is 0 Å². The molecule has 0 aliphatic carbocycles. The largest absolute Gasteiger partial charge is 0.458 e. The number of rotatable bonds is 7. The molecule has 5 nitrogen and oxygen atoms in total. The van der Waals surface area contributed by atoms with Gasteiger partial charge in [-0.1, -0.05) is 109 Å². The molecular formula is C58H38BN3O2. The molecule has 11 aromatic rings. The molecule has 0 unspecified atom stereocenters. The third kappa shape index (κ3) is 5.73. The normalized spacial score (nSPS) is 12.4. The zero-order valence-corrected chi connectivity index (χ0v) is 34.7. The van der Waals surface area contributed by atoms with Crippen LogP contribution in [0.2, 0.25) is 0 Å². The summed E-state index contributed by atoms with van der Waals surface area (Å²) in [5.41, 5.74) is 15.0. The summed E-state index contributed by atoms with van der Waals surface area (Å²) in [6, 6.07) is 81.8. The van der Waals surface area contributed by atoms with Crippen molar-refractivity contribution in [3.05, 3.63) is 231 Å². The highest BCUT2D eigenvalue weighted by molar-refractivity contribution is 6.99. The Morgan fingerprint density at radius 2 is 0.938 bits per heavy atom. The first-order chi connectivity index (χ1) is 31.7. The fourth-order valence-corrected chi connectivity index (χ4v) is 10.0. The third-order valence-corrected chi connectivity index (χ3v) is 12.8. The third-order valence-electron chi connectivity index (χ3n) is 12.8. The molecule has 0 radical (unpaired) electrons. The molecule has 0 amide bonds. The van der Waals surface area contributed by atoms with Gasteiger partial charge in [0.15, 0.2) is 0 Å². The van der Waals surface area contributed by atoms with Crippen LogP contribution < -0.4 is 35.8 Å². The Labute approximate surface area is 371 Å². The van der Waals surface area contributed by atoms with Crippen LogP contribution in [0.3, 0.4) is 0 Å². The lowest BCUT2D eigenvalue weighted by Crippen LogP contribution is -2.59. The summed E-state index contributed by atoms with van der Waals surface area (Å²) in [5.74, 6) is 1.72. The number of ether oxygens (including phenoxy) is 1. The summed E-state index contributed by atoms with van der Waals surface area (Å²) < 4.78 is 13.9. The number of fused-ring (bicyclic) bond motifs is 9. The Morgan fingerprint density at radius 1 is 0.375 bits per heavy atom. The summed E-state index contributed by atoms with van der Waals surface area (Å²) in [4.78, 5) is 7.03. The number of anilines is 9. The molecular weight excluding hydrogens is 781 g/mol. The Hall–Kier alpha value is -8.48. The van der Waals surface area contributed by atoms with Gasteiger partial charge in [0.05, 0.1) is 0 Å². The van der Waals surface area contributed by atoms with Crippen LogP contribution >= 0.6 is 0 Å². The highest BCUT2D eigenvalue weighted by Gasteiger charge is 2.42. The van der Waals surface area contributed by atoms with Gasteiger partial charge in [-0.05, 0) is 143 Å². The molecule has 13 rings (SSSR count). The average molecular weight is 820 g/mol. The van der Waals surface area contributed by atoms with E-state index in [1.54, 1.807) is 0 Å². The predicted molar refractivity (Wildman–Crippen MR) is 266 cm³/mol. The molecule has 2 aliphatic rings. The summed E-state index contributed by atoms with van der Waals surface area (Å²) in [7, 11) is 0. The van der Waals surface area contributed by atoms with Gasteiger partial charge in [0, 0.05) is 67.3 Å². The van der Waals surface area contributed by atoms with Gasteiger partial charge in [-0.2, -0.15) is 0 Å². The molecule has 0 fully saturated rings. The molecule has 0 spiro atoms. The first-order valence-corrected chi connectivity index (χ1v) is 21.8. The van der Waals surface area contributed by atoms with E-state index in [0.29, 0.717) is 0 Å². The van der Waals surface area contributed by atoms with Crippen molar-refractivity contribution in [3.8, 4) is 11.5 Å². The Kier molecular flexibility index (Phi) is 8.24. The number of benzene rings is 10. The zero-order valence-electron chi connectivity index (χ0n) is 34.7. The van der Waals surface area contributed by atoms with Gasteiger partial charge in [0.2, 0.25) is 0 Å². The maximum Gasteiger partial charge on any atom is 0.256 e. The lowest BCUT2D eigenvalue weighted by Gasteiger charge is -2.40. The van der Waals surface area contributed by atoms with Crippen LogP contribution in [0.25, 0.3) is 32.7 Å². The molecule has 1 aromatic heterocycles. The fourth-order valence-electron chi connectivity index (χ4n) is 10.0. The molecule has 2 aliphatic heterocycles. The molecule has 0 atom stereocenters. The minimum Gasteiger partial charge on any atom is -0.458 e. The minimum atomic E-state index is -0.0975. The van der Waals surface area contributed by atoms with E-state index in [1.165, 1.54) is 5.46 Å². The predicted octanol–water partition coefficient (Wildman–Crippen LogP) is 14.1. The Morgan fingerprint density at radius 3 is 1.56 bits per heavy atom. The molecule has 0 bridgehead atoms. The summed E-state index contributed by atoms with van der Waals surface area (Å²) in [6.45, 7) is -0.0975. The van der Waals surface area contributed by atoms with Crippen molar-refractivity contribution in [1.29, 1.82) is 0 Å². The molecule has 3 heterocycles. The van der Waals surface area contributed by atoms with Gasteiger partial charge in [-0.25, -0.2) is 0 Å². The molecule has 10 aromatic carbocycles. The van der Waals surface area contributed by atoms with Crippen LogP contribution in [-0.4, -0.2) is 6.71 Å². The van der Waals surface area contributed by atoms with Crippen LogP contribution in [0.1, 0.15) is 0 Å². The van der Waals surface area contributed by atoms with E-state index in [0.717, 1.165) is 106 Å². The van der Waals surface area contributed by atoms with Crippen LogP contribution in [0, 0.1) is 0 Å². The first kappa shape index (κ1) is 36.2. The van der Waals surface area contributed by atoms with E-state index in [4.69, 9.17) is 9.15 Å². The Bertz CT molecular complexity index is 3470. The monoisotopic (exact) mass is 819 g/mol. The fraction of sp³-hybridized carbons (Fsp3) is 0. The van der Waals surface area contributed by atoms with Crippen LogP contribution in [0.5, 0.6) is 11.5 Å². The molecule has 6 heteroatoms. The number of hydrogen-bond donors (Lipinski definition) is 0. The van der Waals surface area contributed by atoms with E-state index in [1.807, 2.05) is 0 Å². The molecule has 0 saturated heterocycles. The lowest BCUT2D eigenvalue weighted by atomic mass is 9.34. The topological polar surface area (TPSA) is 32.1 Å². The number of para-hydroxylation sites is 5. The second-order valence-electron chi connectivity index (χ2n) is 16.5. The van der Waals surface area contributed by atoms with E-state index in [9.17, 15) is 0 Å². The number of hydrogen-bond acceptors (Lipinski definition) is 5. The van der Waals surface area contributed by atoms with Gasteiger partial charge in [-0.15, -0.1) is 0 Å². The van der Waals surface area contributed by atoms with Crippen LogP contribution in [-0.2, 0) is 0 Å². The van der Waals surface area contributed by atoms with Crippen molar-refractivity contribution >= 4 is 107 Å². The maximum absolute atomic E-state index is 6.97. The number of nitrogens with zero attached hydrogens (tertiary/aromatic N) is 3. The van der Waals surface area contributed by atoms with E-state index in [2.05, 4.69) is 245 Å². The lowest BCUT2D eigenvalue weighted by molar-refractivity contribution is 0.488. The number of furan rings is 1. The van der Waals surface area contributed by atoms with E-state index >= 15 is 0 Å². The highest BCUT2D eigenvalue weighted by Crippen LogP contribution is 2.45. The van der Waals surface area contributed by atoms with Crippen molar-refractivity contribution in [2.45, 2.75) is 0 Å². The molecule has 0 N–H and O–H groups in total. The van der Waals surface area contributed by atoms with Crippen LogP contribution in [0.15, 0.2) is 235 Å². The van der Waals surface area contributed by atoms with Crippen molar-refractivity contribution in [3.63, 3.8) is 0 Å². The second-order valence-corrected chi connectivity index (χ2v) is 16.5. The highest BCUT2D eigenvalue weighted by atomic mass is 16.5. The SMILES string of the molecule is c1ccc(N(c2ccccc2)c2ccc3c(c2)N(c2ccccc2)c2cccc4c2B3c2cc3oc5c6ccc(N(c7ccccc7)c7ccccc7)cc6ccc5c3cc2O4)cc1. The first-order valence-electron chi connectivity index (χ1n) is 21.8. The molecule has 300 valence electrons. The van der Waals surface area contributed by atoms with Crippen molar-refractivity contribution in [2.75, 3.05) is 14.7 Å². The molecule has 64 heavy (non-hydrogen) atoms. The van der Waals surface area contributed by atoms with Gasteiger partial charge in [0.25, 0.3) is 6.71 Å². The van der Waals surface area contributed by atoms with E-state index < -0.39 is 0 Å². The van der Waals surface area contributed by atoms with Gasteiger partial charge in [-0.3, -0.25) is 0 Å².